The van der Waals surface area contributed by atoms with Gasteiger partial charge in [0.2, 0.25) is 0 Å². The van der Waals surface area contributed by atoms with Crippen LogP contribution in [0.5, 0.6) is 5.75 Å². The van der Waals surface area contributed by atoms with E-state index in [1.54, 1.807) is 6.92 Å². The van der Waals surface area contributed by atoms with Crippen LogP contribution < -0.4 is 10.1 Å². The summed E-state index contributed by atoms with van der Waals surface area (Å²) >= 11 is 4.67. The standard InChI is InChI=1S/C15H14ClF2N3O4/c1-3-24-14(23)11-8-12(21(2)20-11)13(22)19-9-4-6-10(7-5-9)25-15(16,17)18/h4-8H,3H2,1-2H3,(H,19,22). The van der Waals surface area contributed by atoms with Crippen molar-refractivity contribution < 1.29 is 27.8 Å². The first-order valence-electron chi connectivity index (χ1n) is 7.08. The Morgan fingerprint density at radius 1 is 1.32 bits per heavy atom. The van der Waals surface area contributed by atoms with Crippen molar-refractivity contribution in [2.24, 2.45) is 7.05 Å². The first kappa shape index (κ1) is 18.7. The molecule has 1 aromatic heterocycles. The van der Waals surface area contributed by atoms with Crippen molar-refractivity contribution in [3.8, 4) is 5.75 Å². The number of anilines is 1. The Labute approximate surface area is 146 Å². The molecule has 0 aliphatic rings. The summed E-state index contributed by atoms with van der Waals surface area (Å²) in [6.07, 6.45) is 0. The number of hydrogen-bond donors (Lipinski definition) is 1. The number of aromatic nitrogens is 2. The highest BCUT2D eigenvalue weighted by atomic mass is 35.5. The Morgan fingerprint density at radius 3 is 2.52 bits per heavy atom. The highest BCUT2D eigenvalue weighted by Crippen LogP contribution is 2.26. The second-order valence-corrected chi connectivity index (χ2v) is 5.23. The van der Waals surface area contributed by atoms with E-state index in [1.165, 1.54) is 42.1 Å². The van der Waals surface area contributed by atoms with E-state index in [0.29, 0.717) is 5.69 Å². The fourth-order valence-corrected chi connectivity index (χ4v) is 2.01. The summed E-state index contributed by atoms with van der Waals surface area (Å²) in [5, 5.41) is 6.46. The van der Waals surface area contributed by atoms with Crippen LogP contribution in [0.25, 0.3) is 0 Å². The lowest BCUT2D eigenvalue weighted by Crippen LogP contribution is -2.17. The lowest BCUT2D eigenvalue weighted by molar-refractivity contribution is -0.0964. The number of esters is 1. The van der Waals surface area contributed by atoms with Crippen LogP contribution in [-0.2, 0) is 11.8 Å². The molecule has 0 spiro atoms. The zero-order valence-corrected chi connectivity index (χ0v) is 14.0. The lowest BCUT2D eigenvalue weighted by atomic mass is 10.3. The van der Waals surface area contributed by atoms with Crippen LogP contribution >= 0.6 is 11.6 Å². The number of carbonyl (C=O) groups excluding carboxylic acids is 2. The maximum Gasteiger partial charge on any atom is 0.487 e. The van der Waals surface area contributed by atoms with E-state index < -0.39 is 17.4 Å². The predicted molar refractivity (Wildman–Crippen MR) is 85.0 cm³/mol. The predicted octanol–water partition coefficient (Wildman–Crippen LogP) is 3.02. The van der Waals surface area contributed by atoms with Gasteiger partial charge in [0.1, 0.15) is 11.4 Å². The molecule has 2 aromatic rings. The number of alkyl halides is 3. The molecule has 25 heavy (non-hydrogen) atoms. The van der Waals surface area contributed by atoms with Gasteiger partial charge in [-0.25, -0.2) is 4.79 Å². The third-order valence-electron chi connectivity index (χ3n) is 2.94. The number of ether oxygens (including phenoxy) is 2. The van der Waals surface area contributed by atoms with Crippen LogP contribution in [0, 0.1) is 0 Å². The zero-order chi connectivity index (χ0) is 18.6. The molecule has 0 aliphatic heterocycles. The summed E-state index contributed by atoms with van der Waals surface area (Å²) < 4.78 is 35.3. The van der Waals surface area contributed by atoms with Crippen LogP contribution in [0.15, 0.2) is 30.3 Å². The van der Waals surface area contributed by atoms with Gasteiger partial charge >= 0.3 is 11.5 Å². The summed E-state index contributed by atoms with van der Waals surface area (Å²) in [5.74, 6) is -1.34. The molecular formula is C15H14ClF2N3O4. The van der Waals surface area contributed by atoms with Gasteiger partial charge in [0.05, 0.1) is 6.61 Å². The van der Waals surface area contributed by atoms with Crippen molar-refractivity contribution in [1.29, 1.82) is 0 Å². The molecule has 134 valence electrons. The first-order chi connectivity index (χ1) is 11.7. The van der Waals surface area contributed by atoms with Crippen LogP contribution in [0.1, 0.15) is 27.9 Å². The van der Waals surface area contributed by atoms with Crippen molar-refractivity contribution in [3.05, 3.63) is 41.7 Å². The summed E-state index contributed by atoms with van der Waals surface area (Å²) in [7, 11) is 1.50. The Morgan fingerprint density at radius 2 is 1.96 bits per heavy atom. The molecule has 0 bridgehead atoms. The molecule has 0 fully saturated rings. The number of benzene rings is 1. The van der Waals surface area contributed by atoms with Gasteiger partial charge in [0.25, 0.3) is 5.91 Å². The second-order valence-electron chi connectivity index (χ2n) is 4.79. The van der Waals surface area contributed by atoms with E-state index in [1.807, 2.05) is 0 Å². The molecule has 0 saturated carbocycles. The molecule has 1 amide bonds. The Kier molecular flexibility index (Phi) is 5.58. The Bertz CT molecular complexity index is 772. The van der Waals surface area contributed by atoms with Gasteiger partial charge < -0.3 is 14.8 Å². The van der Waals surface area contributed by atoms with Crippen molar-refractivity contribution in [3.63, 3.8) is 0 Å². The molecule has 0 aliphatic carbocycles. The minimum Gasteiger partial charge on any atom is -0.461 e. The minimum atomic E-state index is -3.82. The van der Waals surface area contributed by atoms with Crippen LogP contribution in [-0.4, -0.2) is 33.8 Å². The molecule has 0 radical (unpaired) electrons. The van der Waals surface area contributed by atoms with Crippen LogP contribution in [0.3, 0.4) is 0 Å². The molecule has 0 unspecified atom stereocenters. The normalized spacial score (nSPS) is 11.1. The number of carbonyl (C=O) groups is 2. The summed E-state index contributed by atoms with van der Waals surface area (Å²) in [6, 6.07) is 6.45. The van der Waals surface area contributed by atoms with E-state index in [4.69, 9.17) is 4.74 Å². The monoisotopic (exact) mass is 373 g/mol. The molecule has 10 heteroatoms. The van der Waals surface area contributed by atoms with E-state index in [9.17, 15) is 18.4 Å². The third-order valence-corrected chi connectivity index (χ3v) is 3.02. The van der Waals surface area contributed by atoms with Crippen molar-refractivity contribution in [2.75, 3.05) is 11.9 Å². The Hall–Kier alpha value is -2.68. The number of aryl methyl sites for hydroxylation is 1. The van der Waals surface area contributed by atoms with E-state index in [0.717, 1.165) is 0 Å². The summed E-state index contributed by atoms with van der Waals surface area (Å²) in [6.45, 7) is 1.84. The molecule has 2 rings (SSSR count). The second kappa shape index (κ2) is 7.47. The highest BCUT2D eigenvalue weighted by molar-refractivity contribution is 6.20. The number of amides is 1. The van der Waals surface area contributed by atoms with Gasteiger partial charge in [0, 0.05) is 30.4 Å². The van der Waals surface area contributed by atoms with Gasteiger partial charge in [0.15, 0.2) is 5.69 Å². The molecule has 1 aromatic carbocycles. The maximum absolute atomic E-state index is 12.5. The minimum absolute atomic E-state index is 0.00240. The average Bonchev–Trinajstić information content (AvgIpc) is 2.90. The number of hydrogen-bond acceptors (Lipinski definition) is 5. The quantitative estimate of drug-likeness (QED) is 0.621. The van der Waals surface area contributed by atoms with Gasteiger partial charge in [-0.2, -0.15) is 5.10 Å². The SMILES string of the molecule is CCOC(=O)c1cc(C(=O)Nc2ccc(OC(F)(F)Cl)cc2)n(C)n1. The maximum atomic E-state index is 12.5. The molecule has 1 heterocycles. The smallest absolute Gasteiger partial charge is 0.461 e. The fourth-order valence-electron chi connectivity index (χ4n) is 1.92. The summed E-state index contributed by atoms with van der Waals surface area (Å²) in [5.41, 5.74) is -3.37. The van der Waals surface area contributed by atoms with Crippen molar-refractivity contribution >= 4 is 29.2 Å². The number of nitrogens with one attached hydrogen (secondary N) is 1. The van der Waals surface area contributed by atoms with E-state index >= 15 is 0 Å². The number of halogens is 3. The number of rotatable bonds is 6. The van der Waals surface area contributed by atoms with Crippen LogP contribution in [0.2, 0.25) is 0 Å². The van der Waals surface area contributed by atoms with Gasteiger partial charge in [-0.1, -0.05) is 0 Å². The fraction of sp³-hybridized carbons (Fsp3) is 0.267. The Balaban J connectivity index is 2.08. The average molecular weight is 374 g/mol. The van der Waals surface area contributed by atoms with Gasteiger partial charge in [-0.15, -0.1) is 8.78 Å². The molecule has 0 saturated heterocycles. The van der Waals surface area contributed by atoms with Crippen LogP contribution in [0.4, 0.5) is 14.5 Å². The lowest BCUT2D eigenvalue weighted by Gasteiger charge is -2.11. The topological polar surface area (TPSA) is 82.5 Å². The largest absolute Gasteiger partial charge is 0.487 e. The zero-order valence-electron chi connectivity index (χ0n) is 13.3. The summed E-state index contributed by atoms with van der Waals surface area (Å²) in [4.78, 5) is 23.9. The number of nitrogens with zero attached hydrogens (tertiary/aromatic N) is 2. The highest BCUT2D eigenvalue weighted by Gasteiger charge is 2.27. The first-order valence-corrected chi connectivity index (χ1v) is 7.45. The molecule has 7 nitrogen and oxygen atoms in total. The van der Waals surface area contributed by atoms with Gasteiger partial charge in [-0.3, -0.25) is 9.48 Å². The van der Waals surface area contributed by atoms with E-state index in [-0.39, 0.29) is 23.7 Å². The molecular weight excluding hydrogens is 360 g/mol. The van der Waals surface area contributed by atoms with Gasteiger partial charge in [-0.05, 0) is 31.2 Å². The van der Waals surface area contributed by atoms with Crippen molar-refractivity contribution in [2.45, 2.75) is 12.5 Å². The van der Waals surface area contributed by atoms with Crippen molar-refractivity contribution in [1.82, 2.24) is 9.78 Å². The molecule has 1 N–H and O–H groups in total. The van der Waals surface area contributed by atoms with E-state index in [2.05, 4.69) is 26.8 Å². The third kappa shape index (κ3) is 5.15. The molecule has 0 atom stereocenters.